The van der Waals surface area contributed by atoms with Gasteiger partial charge in [0, 0.05) is 36.9 Å². The zero-order chi connectivity index (χ0) is 23.5. The molecule has 4 rings (SSSR count). The number of rotatable bonds is 3. The van der Waals surface area contributed by atoms with Gasteiger partial charge in [-0.05, 0) is 47.5 Å². The van der Waals surface area contributed by atoms with Crippen molar-refractivity contribution in [2.24, 2.45) is 0 Å². The summed E-state index contributed by atoms with van der Waals surface area (Å²) in [5.74, 6) is 5.22. The molecule has 0 saturated carbocycles. The van der Waals surface area contributed by atoms with Crippen LogP contribution in [0.25, 0.3) is 6.08 Å². The molecule has 0 unspecified atom stereocenters. The van der Waals surface area contributed by atoms with Gasteiger partial charge in [-0.25, -0.2) is 9.37 Å². The summed E-state index contributed by atoms with van der Waals surface area (Å²) < 4.78 is 18.5. The van der Waals surface area contributed by atoms with Gasteiger partial charge >= 0.3 is 0 Å². The second kappa shape index (κ2) is 9.27. The fraction of sp³-hybridized carbons (Fsp3) is 0.115. The van der Waals surface area contributed by atoms with Crippen LogP contribution in [0.2, 0.25) is 5.02 Å². The number of carbonyl (C=O) groups is 2. The number of halogens is 2. The number of aromatic nitrogens is 1. The molecule has 0 aliphatic carbocycles. The summed E-state index contributed by atoms with van der Waals surface area (Å²) in [6.07, 6.45) is 3.60. The number of fused-ring (bicyclic) bond motifs is 1. The van der Waals surface area contributed by atoms with Crippen molar-refractivity contribution in [2.75, 3.05) is 19.1 Å². The first-order valence-corrected chi connectivity index (χ1v) is 10.4. The second-order valence-electron chi connectivity index (χ2n) is 7.34. The van der Waals surface area contributed by atoms with E-state index in [4.69, 9.17) is 16.3 Å². The van der Waals surface area contributed by atoms with Gasteiger partial charge in [-0.1, -0.05) is 35.6 Å². The van der Waals surface area contributed by atoms with Crippen LogP contribution in [0, 0.1) is 17.7 Å². The summed E-state index contributed by atoms with van der Waals surface area (Å²) >= 11 is 5.83. The van der Waals surface area contributed by atoms with E-state index >= 15 is 0 Å². The Labute approximate surface area is 195 Å². The molecule has 0 fully saturated rings. The molecule has 1 aliphatic rings. The molecule has 1 aliphatic heterocycles. The molecule has 33 heavy (non-hydrogen) atoms. The topological polar surface area (TPSA) is 59.5 Å². The van der Waals surface area contributed by atoms with E-state index in [9.17, 15) is 14.0 Å². The quantitative estimate of drug-likeness (QED) is 0.322. The molecule has 164 valence electrons. The summed E-state index contributed by atoms with van der Waals surface area (Å²) in [7, 11) is 3.15. The highest BCUT2D eigenvalue weighted by atomic mass is 35.5. The molecule has 5 nitrogen and oxygen atoms in total. The van der Waals surface area contributed by atoms with Gasteiger partial charge in [0.15, 0.2) is 0 Å². The normalized spacial score (nSPS) is 14.1. The fourth-order valence-corrected chi connectivity index (χ4v) is 3.59. The predicted octanol–water partition coefficient (Wildman–Crippen LogP) is 4.72. The molecule has 0 radical (unpaired) electrons. The van der Waals surface area contributed by atoms with E-state index in [0.29, 0.717) is 34.7 Å². The summed E-state index contributed by atoms with van der Waals surface area (Å²) in [5, 5.41) is -0.0848. The average molecular weight is 461 g/mol. The molecule has 2 aromatic carbocycles. The monoisotopic (exact) mass is 460 g/mol. The van der Waals surface area contributed by atoms with Crippen LogP contribution in [-0.2, 0) is 11.2 Å². The molecular weight excluding hydrogens is 443 g/mol. The van der Waals surface area contributed by atoms with Gasteiger partial charge < -0.3 is 9.64 Å². The van der Waals surface area contributed by atoms with Crippen LogP contribution in [0.5, 0.6) is 5.88 Å². The van der Waals surface area contributed by atoms with E-state index < -0.39 is 17.5 Å². The molecule has 0 spiro atoms. The number of Topliss-reactive ketones (excluding diaryl/α,β-unsaturated/α-hetero) is 1. The van der Waals surface area contributed by atoms with Crippen LogP contribution in [0.15, 0.2) is 60.3 Å². The van der Waals surface area contributed by atoms with Crippen molar-refractivity contribution < 1.29 is 18.7 Å². The lowest BCUT2D eigenvalue weighted by molar-refractivity contribution is -0.114. The van der Waals surface area contributed by atoms with Crippen LogP contribution in [0.1, 0.15) is 27.0 Å². The Kier molecular flexibility index (Phi) is 6.25. The van der Waals surface area contributed by atoms with Gasteiger partial charge in [0.2, 0.25) is 11.7 Å². The zero-order valence-corrected chi connectivity index (χ0v) is 18.6. The van der Waals surface area contributed by atoms with Gasteiger partial charge in [-0.15, -0.1) is 0 Å². The smallest absolute Gasteiger partial charge is 0.262 e. The highest BCUT2D eigenvalue weighted by Gasteiger charge is 2.32. The van der Waals surface area contributed by atoms with Crippen molar-refractivity contribution >= 4 is 35.1 Å². The molecule has 0 saturated heterocycles. The average Bonchev–Trinajstić information content (AvgIpc) is 2.83. The lowest BCUT2D eigenvalue weighted by atomic mass is 9.92. The Morgan fingerprint density at radius 2 is 1.97 bits per heavy atom. The second-order valence-corrected chi connectivity index (χ2v) is 7.75. The van der Waals surface area contributed by atoms with Crippen molar-refractivity contribution in [2.45, 2.75) is 6.42 Å². The molecule has 2 heterocycles. The summed E-state index contributed by atoms with van der Waals surface area (Å²) in [5.41, 5.74) is 2.89. The minimum atomic E-state index is -0.573. The van der Waals surface area contributed by atoms with Gasteiger partial charge in [-0.2, -0.15) is 0 Å². The van der Waals surface area contributed by atoms with Crippen molar-refractivity contribution in [3.05, 3.63) is 93.4 Å². The third kappa shape index (κ3) is 4.64. The minimum Gasteiger partial charge on any atom is -0.481 e. The predicted molar refractivity (Wildman–Crippen MR) is 125 cm³/mol. The van der Waals surface area contributed by atoms with E-state index in [1.807, 2.05) is 6.07 Å². The number of ether oxygens (including phenoxy) is 1. The number of carbonyl (C=O) groups excluding carboxylic acids is 2. The third-order valence-electron chi connectivity index (χ3n) is 5.17. The summed E-state index contributed by atoms with van der Waals surface area (Å²) in [6, 6.07) is 12.8. The molecule has 7 heteroatoms. The highest BCUT2D eigenvalue weighted by Crippen LogP contribution is 2.31. The number of pyridine rings is 1. The van der Waals surface area contributed by atoms with E-state index in [-0.39, 0.29) is 10.6 Å². The van der Waals surface area contributed by atoms with Crippen molar-refractivity contribution in [1.29, 1.82) is 0 Å². The van der Waals surface area contributed by atoms with Crippen molar-refractivity contribution in [3.63, 3.8) is 0 Å². The maximum absolute atomic E-state index is 13.5. The van der Waals surface area contributed by atoms with Crippen LogP contribution in [0.4, 0.5) is 10.1 Å². The Morgan fingerprint density at radius 1 is 1.15 bits per heavy atom. The maximum atomic E-state index is 13.5. The lowest BCUT2D eigenvalue weighted by Crippen LogP contribution is -2.36. The van der Waals surface area contributed by atoms with Crippen LogP contribution < -0.4 is 9.64 Å². The van der Waals surface area contributed by atoms with Gasteiger partial charge in [-0.3, -0.25) is 9.59 Å². The molecule has 0 N–H and O–H groups in total. The summed E-state index contributed by atoms with van der Waals surface area (Å²) in [4.78, 5) is 31.5. The Hall–Kier alpha value is -3.95. The number of amides is 1. The first-order chi connectivity index (χ1) is 15.9. The number of likely N-dealkylation sites (N-methyl/N-ethyl adjacent to an activating group) is 1. The van der Waals surface area contributed by atoms with Crippen LogP contribution in [0.3, 0.4) is 0 Å². The van der Waals surface area contributed by atoms with E-state index in [0.717, 1.165) is 5.56 Å². The van der Waals surface area contributed by atoms with Crippen LogP contribution >= 0.6 is 11.6 Å². The molecular formula is C26H18ClFN2O3. The van der Waals surface area contributed by atoms with Crippen LogP contribution in [-0.4, -0.2) is 30.8 Å². The SMILES string of the molecule is COc1ccc(CC#Cc2ccc3c(c2)C(=O)/C(=C/c2ccc(F)c(Cl)c2)C(=O)N3C)cn1. The number of methoxy groups -OCH3 is 1. The zero-order valence-electron chi connectivity index (χ0n) is 17.9. The Balaban J connectivity index is 1.62. The number of hydrogen-bond acceptors (Lipinski definition) is 4. The van der Waals surface area contributed by atoms with Crippen molar-refractivity contribution in [3.8, 4) is 17.7 Å². The number of ketones is 1. The first-order valence-electron chi connectivity index (χ1n) is 9.98. The lowest BCUT2D eigenvalue weighted by Gasteiger charge is -2.26. The summed E-state index contributed by atoms with van der Waals surface area (Å²) in [6.45, 7) is 0. The molecule has 3 aromatic rings. The number of hydrogen-bond donors (Lipinski definition) is 0. The Morgan fingerprint density at radius 3 is 2.67 bits per heavy atom. The standard InChI is InChI=1S/C26H18ClFN2O3/c1-30-23-10-7-16(4-3-5-17-8-11-24(33-2)29-15-17)12-19(23)25(31)20(26(30)32)13-18-6-9-22(28)21(27)14-18/h6-15H,5H2,1-2H3/b20-13-. The van der Waals surface area contributed by atoms with E-state index in [1.54, 1.807) is 44.6 Å². The fourth-order valence-electron chi connectivity index (χ4n) is 3.40. The third-order valence-corrected chi connectivity index (χ3v) is 5.46. The van der Waals surface area contributed by atoms with E-state index in [1.165, 1.54) is 29.2 Å². The molecule has 0 atom stereocenters. The van der Waals surface area contributed by atoms with Crippen molar-refractivity contribution in [1.82, 2.24) is 4.98 Å². The highest BCUT2D eigenvalue weighted by molar-refractivity contribution is 6.36. The van der Waals surface area contributed by atoms with Gasteiger partial charge in [0.1, 0.15) is 5.82 Å². The largest absolute Gasteiger partial charge is 0.481 e. The first kappa shape index (κ1) is 22.3. The molecule has 1 amide bonds. The Bertz CT molecular complexity index is 1350. The number of nitrogens with zero attached hydrogens (tertiary/aromatic N) is 2. The molecule has 0 bridgehead atoms. The molecule has 1 aromatic heterocycles. The maximum Gasteiger partial charge on any atom is 0.262 e. The number of anilines is 1. The van der Waals surface area contributed by atoms with Gasteiger partial charge in [0.05, 0.1) is 23.4 Å². The minimum absolute atomic E-state index is 0.0258. The number of benzene rings is 2. The van der Waals surface area contributed by atoms with Gasteiger partial charge in [0.25, 0.3) is 5.91 Å². The van der Waals surface area contributed by atoms with E-state index in [2.05, 4.69) is 16.8 Å².